The van der Waals surface area contributed by atoms with Gasteiger partial charge in [-0.3, -0.25) is 0 Å². The molecular formula is C55H46N2. The average molecular weight is 735 g/mol. The van der Waals surface area contributed by atoms with Gasteiger partial charge in [0.25, 0.3) is 0 Å². The minimum Gasteiger partial charge on any atom is -0.343 e. The second-order valence-corrected chi connectivity index (χ2v) is 17.3. The largest absolute Gasteiger partial charge is 0.343 e. The molecule has 276 valence electrons. The smallest absolute Gasteiger partial charge is 0.0568 e. The zero-order valence-corrected chi connectivity index (χ0v) is 33.4. The topological polar surface area (TPSA) is 8.17 Å². The van der Waals surface area contributed by atoms with Crippen molar-refractivity contribution in [1.29, 1.82) is 0 Å². The van der Waals surface area contributed by atoms with Crippen molar-refractivity contribution in [2.75, 3.05) is 4.90 Å². The van der Waals surface area contributed by atoms with Crippen LogP contribution in [0, 0.1) is 0 Å². The van der Waals surface area contributed by atoms with Gasteiger partial charge in [0.1, 0.15) is 0 Å². The standard InChI is InChI=1S/C55H46N2/c1-54(2)47-24-13-11-22-42(47)44-30-27-39(33-49(44)54)57(40-28-31-45-43-23-12-14-25-48(43)55(3,4)50(45)34-40)38-20-15-19-37(32-38)51-46-29-26-35-16-9-10-21-41(35)53(46)56(5)52(51)36-17-7-6-8-18-36/h6-11,13,15-34H,12,14H2,1-5H3. The van der Waals surface area contributed by atoms with Gasteiger partial charge >= 0.3 is 0 Å². The molecule has 57 heavy (non-hydrogen) atoms. The fourth-order valence-electron chi connectivity index (χ4n) is 10.6. The molecule has 0 atom stereocenters. The van der Waals surface area contributed by atoms with Crippen molar-refractivity contribution in [3.8, 4) is 33.5 Å². The fraction of sp³-hybridized carbons (Fsp3) is 0.164. The van der Waals surface area contributed by atoms with Crippen LogP contribution < -0.4 is 4.90 Å². The molecule has 0 bridgehead atoms. The number of allylic oxidation sites excluding steroid dienone is 4. The Kier molecular flexibility index (Phi) is 7.32. The van der Waals surface area contributed by atoms with Gasteiger partial charge in [-0.1, -0.05) is 155 Å². The first-order chi connectivity index (χ1) is 27.7. The van der Waals surface area contributed by atoms with Crippen LogP contribution >= 0.6 is 0 Å². The molecule has 0 unspecified atom stereocenters. The Hall–Kier alpha value is -6.38. The van der Waals surface area contributed by atoms with Crippen LogP contribution in [0.2, 0.25) is 0 Å². The first-order valence-corrected chi connectivity index (χ1v) is 20.5. The number of hydrogen-bond acceptors (Lipinski definition) is 1. The highest BCUT2D eigenvalue weighted by Gasteiger charge is 2.40. The number of rotatable bonds is 5. The number of aromatic nitrogens is 1. The van der Waals surface area contributed by atoms with Crippen molar-refractivity contribution in [3.63, 3.8) is 0 Å². The molecule has 1 aromatic heterocycles. The summed E-state index contributed by atoms with van der Waals surface area (Å²) in [4.78, 5) is 2.51. The van der Waals surface area contributed by atoms with Crippen molar-refractivity contribution in [3.05, 3.63) is 192 Å². The van der Waals surface area contributed by atoms with Crippen LogP contribution in [0.15, 0.2) is 169 Å². The number of nitrogens with zero attached hydrogens (tertiary/aromatic N) is 2. The summed E-state index contributed by atoms with van der Waals surface area (Å²) >= 11 is 0. The number of hydrogen-bond donors (Lipinski definition) is 0. The molecule has 0 N–H and O–H groups in total. The molecule has 0 aliphatic heterocycles. The highest BCUT2D eigenvalue weighted by Crippen LogP contribution is 2.55. The summed E-state index contributed by atoms with van der Waals surface area (Å²) < 4.78 is 2.42. The van der Waals surface area contributed by atoms with Crippen LogP contribution in [0.5, 0.6) is 0 Å². The van der Waals surface area contributed by atoms with E-state index in [9.17, 15) is 0 Å². The van der Waals surface area contributed by atoms with Crippen LogP contribution in [0.3, 0.4) is 0 Å². The molecule has 2 nitrogen and oxygen atoms in total. The molecule has 0 saturated carbocycles. The van der Waals surface area contributed by atoms with Crippen LogP contribution in [-0.4, -0.2) is 4.57 Å². The molecule has 1 heterocycles. The minimum atomic E-state index is -0.111. The Labute approximate surface area is 336 Å². The van der Waals surface area contributed by atoms with Crippen molar-refractivity contribution in [2.45, 2.75) is 51.4 Å². The first-order valence-electron chi connectivity index (χ1n) is 20.5. The van der Waals surface area contributed by atoms with Crippen molar-refractivity contribution in [2.24, 2.45) is 7.05 Å². The summed E-state index contributed by atoms with van der Waals surface area (Å²) in [6.45, 7) is 9.57. The second-order valence-electron chi connectivity index (χ2n) is 17.3. The molecule has 0 fully saturated rings. The van der Waals surface area contributed by atoms with E-state index in [2.05, 4.69) is 208 Å². The van der Waals surface area contributed by atoms with Crippen molar-refractivity contribution in [1.82, 2.24) is 4.57 Å². The third-order valence-electron chi connectivity index (χ3n) is 13.4. The van der Waals surface area contributed by atoms with Gasteiger partial charge < -0.3 is 9.47 Å². The Bertz CT molecular complexity index is 3020. The molecule has 0 spiro atoms. The van der Waals surface area contributed by atoms with Crippen molar-refractivity contribution < 1.29 is 0 Å². The molecule has 8 aromatic rings. The lowest BCUT2D eigenvalue weighted by atomic mass is 9.80. The van der Waals surface area contributed by atoms with Crippen LogP contribution in [-0.2, 0) is 17.9 Å². The molecule has 3 aliphatic rings. The lowest BCUT2D eigenvalue weighted by Crippen LogP contribution is -2.18. The van der Waals surface area contributed by atoms with Gasteiger partial charge in [-0.15, -0.1) is 0 Å². The van der Waals surface area contributed by atoms with Crippen LogP contribution in [0.1, 0.15) is 62.8 Å². The molecule has 11 rings (SSSR count). The lowest BCUT2D eigenvalue weighted by molar-refractivity contribution is 0.654. The Morgan fingerprint density at radius 1 is 0.491 bits per heavy atom. The third-order valence-corrected chi connectivity index (χ3v) is 13.4. The number of anilines is 3. The SMILES string of the molecule is Cn1c(-c2ccccc2)c(-c2cccc(N(c3ccc4c(c3)C(C)(C)C3=CCCC=C34)c3ccc4c(c3)C(C)(C)c3ccccc3-4)c2)c2ccc3ccccc3c21. The molecule has 0 amide bonds. The van der Waals surface area contributed by atoms with Crippen LogP contribution in [0.4, 0.5) is 17.1 Å². The van der Waals surface area contributed by atoms with E-state index in [4.69, 9.17) is 0 Å². The summed E-state index contributed by atoms with van der Waals surface area (Å²) in [7, 11) is 2.23. The van der Waals surface area contributed by atoms with Crippen LogP contribution in [0.25, 0.3) is 60.8 Å². The Balaban J connectivity index is 1.15. The van der Waals surface area contributed by atoms with E-state index in [0.29, 0.717) is 0 Å². The predicted molar refractivity (Wildman–Crippen MR) is 242 cm³/mol. The molecule has 0 radical (unpaired) electrons. The quantitative estimate of drug-likeness (QED) is 0.171. The molecule has 2 heteroatoms. The molecular weight excluding hydrogens is 689 g/mol. The Morgan fingerprint density at radius 3 is 1.96 bits per heavy atom. The summed E-state index contributed by atoms with van der Waals surface area (Å²) in [6, 6.07) is 56.9. The maximum absolute atomic E-state index is 2.51. The zero-order valence-electron chi connectivity index (χ0n) is 33.4. The van der Waals surface area contributed by atoms with Gasteiger partial charge in [-0.25, -0.2) is 0 Å². The van der Waals surface area contributed by atoms with E-state index < -0.39 is 0 Å². The van der Waals surface area contributed by atoms with Gasteiger partial charge in [0.05, 0.1) is 11.2 Å². The maximum atomic E-state index is 2.51. The first kappa shape index (κ1) is 33.9. The molecule has 3 aliphatic carbocycles. The number of benzene rings is 7. The highest BCUT2D eigenvalue weighted by atomic mass is 15.1. The zero-order chi connectivity index (χ0) is 38.6. The Morgan fingerprint density at radius 2 is 1.14 bits per heavy atom. The monoisotopic (exact) mass is 734 g/mol. The minimum absolute atomic E-state index is 0.0665. The summed E-state index contributed by atoms with van der Waals surface area (Å²) in [5, 5.41) is 3.79. The summed E-state index contributed by atoms with van der Waals surface area (Å²) in [6.07, 6.45) is 7.16. The second kappa shape index (κ2) is 12.3. The van der Waals surface area contributed by atoms with E-state index in [1.54, 1.807) is 0 Å². The summed E-state index contributed by atoms with van der Waals surface area (Å²) in [5.41, 5.74) is 20.6. The van der Waals surface area contributed by atoms with E-state index in [-0.39, 0.29) is 10.8 Å². The van der Waals surface area contributed by atoms with E-state index in [1.165, 1.54) is 100.0 Å². The molecule has 7 aromatic carbocycles. The summed E-state index contributed by atoms with van der Waals surface area (Å²) in [5.74, 6) is 0. The highest BCUT2D eigenvalue weighted by molar-refractivity contribution is 6.15. The van der Waals surface area contributed by atoms with Gasteiger partial charge in [0, 0.05) is 51.3 Å². The van der Waals surface area contributed by atoms with E-state index in [1.807, 2.05) is 0 Å². The average Bonchev–Trinajstić information content (AvgIpc) is 3.77. The lowest BCUT2D eigenvalue weighted by Gasteiger charge is -2.30. The maximum Gasteiger partial charge on any atom is 0.0568 e. The predicted octanol–water partition coefficient (Wildman–Crippen LogP) is 14.8. The van der Waals surface area contributed by atoms with E-state index in [0.717, 1.165) is 18.5 Å². The fourth-order valence-corrected chi connectivity index (χ4v) is 10.6. The van der Waals surface area contributed by atoms with E-state index >= 15 is 0 Å². The third kappa shape index (κ3) is 4.89. The normalized spacial score (nSPS) is 15.8. The number of aryl methyl sites for hydroxylation is 1. The van der Waals surface area contributed by atoms with Crippen molar-refractivity contribution >= 4 is 44.3 Å². The van der Waals surface area contributed by atoms with Gasteiger partial charge in [0.2, 0.25) is 0 Å². The number of fused-ring (bicyclic) bond motifs is 9. The molecule has 0 saturated heterocycles. The van der Waals surface area contributed by atoms with Gasteiger partial charge in [-0.2, -0.15) is 0 Å². The van der Waals surface area contributed by atoms with Gasteiger partial charge in [-0.05, 0) is 110 Å². The van der Waals surface area contributed by atoms with Gasteiger partial charge in [0.15, 0.2) is 0 Å².